The van der Waals surface area contributed by atoms with Crippen LogP contribution in [0.15, 0.2) is 65.1 Å². The van der Waals surface area contributed by atoms with E-state index in [4.69, 9.17) is 9.40 Å². The summed E-state index contributed by atoms with van der Waals surface area (Å²) in [5.74, 6) is -0.186. The molecule has 29 heavy (non-hydrogen) atoms. The molecule has 5 nitrogen and oxygen atoms in total. The summed E-state index contributed by atoms with van der Waals surface area (Å²) >= 11 is 0. The van der Waals surface area contributed by atoms with Crippen LogP contribution in [0.4, 0.5) is 0 Å². The van der Waals surface area contributed by atoms with Crippen molar-refractivity contribution in [1.29, 1.82) is 0 Å². The second kappa shape index (κ2) is 10.0. The van der Waals surface area contributed by atoms with E-state index in [1.54, 1.807) is 0 Å². The minimum absolute atomic E-state index is 0.281. The maximum Gasteiger partial charge on any atom is 0.307 e. The van der Waals surface area contributed by atoms with Crippen molar-refractivity contribution in [2.24, 2.45) is 5.92 Å². The van der Waals surface area contributed by atoms with Crippen LogP contribution in [0.1, 0.15) is 26.2 Å². The minimum atomic E-state index is -0.808. The number of carboxylic acids is 1. The minimum Gasteiger partial charge on any atom is -0.481 e. The fraction of sp³-hybridized carbons (Fsp3) is 0.333. The van der Waals surface area contributed by atoms with Crippen LogP contribution in [0.3, 0.4) is 0 Å². The Morgan fingerprint density at radius 3 is 2.14 bits per heavy atom. The highest BCUT2D eigenvalue weighted by Crippen LogP contribution is 2.33. The lowest BCUT2D eigenvalue weighted by Crippen LogP contribution is -2.28. The summed E-state index contributed by atoms with van der Waals surface area (Å²) in [5.41, 5.74) is 2.64. The number of benzene rings is 2. The topological polar surface area (TPSA) is 66.6 Å². The number of aromatic nitrogens is 1. The SMILES string of the molecule is CCN(CC)CCC(Cc1nc(-c2ccccc2)c(-c2ccccc2)o1)C(=O)O. The average molecular weight is 392 g/mol. The van der Waals surface area contributed by atoms with E-state index in [-0.39, 0.29) is 6.42 Å². The molecule has 0 aliphatic carbocycles. The van der Waals surface area contributed by atoms with E-state index in [2.05, 4.69) is 18.7 Å². The molecular weight excluding hydrogens is 364 g/mol. The maximum absolute atomic E-state index is 11.8. The molecule has 0 fully saturated rings. The van der Waals surface area contributed by atoms with Crippen LogP contribution in [-0.4, -0.2) is 40.6 Å². The number of carbonyl (C=O) groups is 1. The van der Waals surface area contributed by atoms with Crippen LogP contribution in [0.5, 0.6) is 0 Å². The Kier molecular flexibility index (Phi) is 7.19. The summed E-state index contributed by atoms with van der Waals surface area (Å²) in [5, 5.41) is 9.72. The van der Waals surface area contributed by atoms with E-state index in [0.29, 0.717) is 18.1 Å². The van der Waals surface area contributed by atoms with Gasteiger partial charge in [0.1, 0.15) is 5.69 Å². The highest BCUT2D eigenvalue weighted by atomic mass is 16.4. The second-order valence-corrected chi connectivity index (χ2v) is 7.07. The molecule has 1 heterocycles. The third-order valence-corrected chi connectivity index (χ3v) is 5.21. The van der Waals surface area contributed by atoms with Gasteiger partial charge in [0, 0.05) is 17.5 Å². The van der Waals surface area contributed by atoms with Crippen LogP contribution in [0.25, 0.3) is 22.6 Å². The maximum atomic E-state index is 11.8. The van der Waals surface area contributed by atoms with Gasteiger partial charge in [0.25, 0.3) is 0 Å². The van der Waals surface area contributed by atoms with E-state index in [0.717, 1.165) is 36.5 Å². The molecule has 0 aliphatic rings. The summed E-state index contributed by atoms with van der Waals surface area (Å²) in [6.45, 7) is 6.76. The Balaban J connectivity index is 1.89. The molecule has 1 N–H and O–H groups in total. The molecule has 0 amide bonds. The lowest BCUT2D eigenvalue weighted by atomic mass is 10.0. The molecule has 1 unspecified atom stereocenters. The number of nitrogens with zero attached hydrogens (tertiary/aromatic N) is 2. The summed E-state index contributed by atoms with van der Waals surface area (Å²) in [6.07, 6.45) is 0.851. The highest BCUT2D eigenvalue weighted by molar-refractivity contribution is 5.77. The smallest absolute Gasteiger partial charge is 0.307 e. The molecule has 0 radical (unpaired) electrons. The summed E-state index contributed by atoms with van der Waals surface area (Å²) in [6, 6.07) is 19.7. The fourth-order valence-electron chi connectivity index (χ4n) is 3.43. The first-order valence-electron chi connectivity index (χ1n) is 10.2. The normalized spacial score (nSPS) is 12.2. The lowest BCUT2D eigenvalue weighted by Gasteiger charge is -2.20. The van der Waals surface area contributed by atoms with Crippen molar-refractivity contribution in [3.63, 3.8) is 0 Å². The fourth-order valence-corrected chi connectivity index (χ4v) is 3.43. The molecule has 0 saturated carbocycles. The standard InChI is InChI=1S/C24H28N2O3/c1-3-26(4-2)16-15-20(24(27)28)17-21-25-22(18-11-7-5-8-12-18)23(29-21)19-13-9-6-10-14-19/h5-14,20H,3-4,15-17H2,1-2H3,(H,27,28). The predicted octanol–water partition coefficient (Wildman–Crippen LogP) is 4.98. The zero-order chi connectivity index (χ0) is 20.6. The first kappa shape index (κ1) is 20.8. The number of aliphatic carboxylic acids is 1. The zero-order valence-corrected chi connectivity index (χ0v) is 17.0. The average Bonchev–Trinajstić information content (AvgIpc) is 3.18. The number of rotatable bonds is 10. The summed E-state index contributed by atoms with van der Waals surface area (Å²) in [7, 11) is 0. The van der Waals surface area contributed by atoms with E-state index in [1.165, 1.54) is 0 Å². The molecule has 1 aromatic heterocycles. The Morgan fingerprint density at radius 1 is 1.00 bits per heavy atom. The van der Waals surface area contributed by atoms with Crippen LogP contribution < -0.4 is 0 Å². The first-order valence-corrected chi connectivity index (χ1v) is 10.2. The van der Waals surface area contributed by atoms with Crippen molar-refractivity contribution in [1.82, 2.24) is 9.88 Å². The van der Waals surface area contributed by atoms with Gasteiger partial charge in [0.15, 0.2) is 11.7 Å². The predicted molar refractivity (Wildman–Crippen MR) is 115 cm³/mol. The van der Waals surface area contributed by atoms with Gasteiger partial charge in [-0.3, -0.25) is 4.79 Å². The van der Waals surface area contributed by atoms with E-state index < -0.39 is 11.9 Å². The van der Waals surface area contributed by atoms with E-state index in [9.17, 15) is 9.90 Å². The summed E-state index contributed by atoms with van der Waals surface area (Å²) < 4.78 is 6.11. The van der Waals surface area contributed by atoms with E-state index >= 15 is 0 Å². The van der Waals surface area contributed by atoms with Gasteiger partial charge < -0.3 is 14.4 Å². The van der Waals surface area contributed by atoms with Gasteiger partial charge in [-0.1, -0.05) is 74.5 Å². The molecule has 1 atom stereocenters. The molecule has 0 spiro atoms. The third-order valence-electron chi connectivity index (χ3n) is 5.21. The molecule has 0 aliphatic heterocycles. The Hall–Kier alpha value is -2.92. The van der Waals surface area contributed by atoms with Crippen LogP contribution in [-0.2, 0) is 11.2 Å². The lowest BCUT2D eigenvalue weighted by molar-refractivity contribution is -0.142. The van der Waals surface area contributed by atoms with Crippen LogP contribution >= 0.6 is 0 Å². The second-order valence-electron chi connectivity index (χ2n) is 7.07. The third kappa shape index (κ3) is 5.33. The molecule has 0 bridgehead atoms. The molecule has 2 aromatic carbocycles. The Bertz CT molecular complexity index is 845. The monoisotopic (exact) mass is 392 g/mol. The quantitative estimate of drug-likeness (QED) is 0.527. The van der Waals surface area contributed by atoms with Gasteiger partial charge in [-0.25, -0.2) is 4.98 Å². The van der Waals surface area contributed by atoms with Crippen LogP contribution in [0.2, 0.25) is 0 Å². The largest absolute Gasteiger partial charge is 0.481 e. The Labute approximate surface area is 172 Å². The van der Waals surface area contributed by atoms with Crippen molar-refractivity contribution in [2.75, 3.05) is 19.6 Å². The van der Waals surface area contributed by atoms with Gasteiger partial charge in [0.2, 0.25) is 0 Å². The molecule has 0 saturated heterocycles. The number of carboxylic acid groups (broad SMARTS) is 1. The first-order chi connectivity index (χ1) is 14.1. The molecule has 152 valence electrons. The number of oxazole rings is 1. The number of hydrogen-bond donors (Lipinski definition) is 1. The van der Waals surface area contributed by atoms with Crippen molar-refractivity contribution < 1.29 is 14.3 Å². The van der Waals surface area contributed by atoms with E-state index in [1.807, 2.05) is 60.7 Å². The van der Waals surface area contributed by atoms with Crippen molar-refractivity contribution >= 4 is 5.97 Å². The molecule has 3 aromatic rings. The van der Waals surface area contributed by atoms with Gasteiger partial charge >= 0.3 is 5.97 Å². The molecule has 5 heteroatoms. The van der Waals surface area contributed by atoms with Gasteiger partial charge in [-0.05, 0) is 26.1 Å². The molecular formula is C24H28N2O3. The van der Waals surface area contributed by atoms with Crippen molar-refractivity contribution in [3.05, 3.63) is 66.6 Å². The summed E-state index contributed by atoms with van der Waals surface area (Å²) in [4.78, 5) is 18.8. The highest BCUT2D eigenvalue weighted by Gasteiger charge is 2.24. The van der Waals surface area contributed by atoms with Crippen LogP contribution in [0, 0.1) is 5.92 Å². The van der Waals surface area contributed by atoms with Gasteiger partial charge in [0.05, 0.1) is 5.92 Å². The number of hydrogen-bond acceptors (Lipinski definition) is 4. The van der Waals surface area contributed by atoms with Crippen molar-refractivity contribution in [2.45, 2.75) is 26.7 Å². The van der Waals surface area contributed by atoms with Crippen molar-refractivity contribution in [3.8, 4) is 22.6 Å². The Morgan fingerprint density at radius 2 is 1.59 bits per heavy atom. The zero-order valence-electron chi connectivity index (χ0n) is 17.0. The van der Waals surface area contributed by atoms with Gasteiger partial charge in [-0.2, -0.15) is 0 Å². The van der Waals surface area contributed by atoms with Gasteiger partial charge in [-0.15, -0.1) is 0 Å². The molecule has 3 rings (SSSR count).